The lowest BCUT2D eigenvalue weighted by atomic mass is 9.84. The number of rotatable bonds is 4. The third-order valence-corrected chi connectivity index (χ3v) is 4.58. The number of hydrogen-bond donors (Lipinski definition) is 1. The third-order valence-electron chi connectivity index (χ3n) is 4.58. The van der Waals surface area contributed by atoms with Crippen LogP contribution < -0.4 is 4.90 Å². The number of benzene rings is 2. The van der Waals surface area contributed by atoms with E-state index in [0.717, 1.165) is 24.2 Å². The van der Waals surface area contributed by atoms with E-state index < -0.39 is 5.60 Å². The smallest absolute Gasteiger partial charge is 0.114 e. The molecule has 1 aliphatic heterocycles. The van der Waals surface area contributed by atoms with E-state index in [-0.39, 0.29) is 0 Å². The molecule has 1 N–H and O–H groups in total. The second-order valence-corrected chi connectivity index (χ2v) is 5.82. The Bertz CT molecular complexity index is 572. The molecule has 2 nitrogen and oxygen atoms in total. The van der Waals surface area contributed by atoms with Gasteiger partial charge in [0.15, 0.2) is 0 Å². The van der Waals surface area contributed by atoms with Gasteiger partial charge in [0.05, 0.1) is 0 Å². The van der Waals surface area contributed by atoms with Crippen molar-refractivity contribution in [2.24, 2.45) is 0 Å². The van der Waals surface area contributed by atoms with Gasteiger partial charge >= 0.3 is 0 Å². The minimum absolute atomic E-state index is 0.667. The van der Waals surface area contributed by atoms with Crippen molar-refractivity contribution in [2.45, 2.75) is 31.8 Å². The summed E-state index contributed by atoms with van der Waals surface area (Å²) in [6, 6.07) is 18.4. The maximum absolute atomic E-state index is 11.1. The van der Waals surface area contributed by atoms with Crippen LogP contribution in [0.25, 0.3) is 0 Å². The molecule has 2 aromatic rings. The fraction of sp³-hybridized carbons (Fsp3) is 0.368. The van der Waals surface area contributed by atoms with Crippen LogP contribution in [0.5, 0.6) is 0 Å². The molecule has 0 radical (unpaired) electrons. The van der Waals surface area contributed by atoms with Gasteiger partial charge in [-0.2, -0.15) is 0 Å². The van der Waals surface area contributed by atoms with E-state index in [2.05, 4.69) is 29.2 Å². The Kier molecular flexibility index (Phi) is 3.98. The standard InChI is InChI=1S/C19H23NO/c1-2-19(21,16-8-4-3-5-9-16)17-10-12-18(13-11-17)20-14-6-7-15-20/h3-5,8-13,21H,2,6-7,14-15H2,1H3. The average molecular weight is 281 g/mol. The van der Waals surface area contributed by atoms with Gasteiger partial charge in [0.1, 0.15) is 5.60 Å². The molecule has 0 bridgehead atoms. The Morgan fingerprint density at radius 2 is 1.48 bits per heavy atom. The molecule has 1 saturated heterocycles. The van der Waals surface area contributed by atoms with E-state index >= 15 is 0 Å². The Balaban J connectivity index is 1.90. The molecule has 0 amide bonds. The molecular formula is C19H23NO. The largest absolute Gasteiger partial charge is 0.380 e. The quantitative estimate of drug-likeness (QED) is 0.917. The summed E-state index contributed by atoms with van der Waals surface area (Å²) in [5, 5.41) is 11.1. The van der Waals surface area contributed by atoms with Crippen LogP contribution in [0.4, 0.5) is 5.69 Å². The van der Waals surface area contributed by atoms with Crippen molar-refractivity contribution in [2.75, 3.05) is 18.0 Å². The van der Waals surface area contributed by atoms with Crippen LogP contribution in [-0.4, -0.2) is 18.2 Å². The van der Waals surface area contributed by atoms with E-state index in [1.54, 1.807) is 0 Å². The predicted octanol–water partition coefficient (Wildman–Crippen LogP) is 3.93. The number of aliphatic hydroxyl groups is 1. The molecule has 2 heteroatoms. The monoisotopic (exact) mass is 281 g/mol. The molecule has 110 valence electrons. The molecule has 0 spiro atoms. The zero-order valence-corrected chi connectivity index (χ0v) is 12.6. The summed E-state index contributed by atoms with van der Waals surface area (Å²) in [5.74, 6) is 0. The molecule has 21 heavy (non-hydrogen) atoms. The van der Waals surface area contributed by atoms with Gasteiger partial charge < -0.3 is 10.0 Å². The van der Waals surface area contributed by atoms with Crippen LogP contribution in [0.2, 0.25) is 0 Å². The Labute approximate surface area is 127 Å². The van der Waals surface area contributed by atoms with Crippen LogP contribution in [0.1, 0.15) is 37.3 Å². The molecule has 0 aromatic heterocycles. The summed E-state index contributed by atoms with van der Waals surface area (Å²) in [5.41, 5.74) is 2.30. The zero-order chi connectivity index (χ0) is 14.7. The van der Waals surface area contributed by atoms with Crippen LogP contribution >= 0.6 is 0 Å². The van der Waals surface area contributed by atoms with E-state index in [0.29, 0.717) is 6.42 Å². The molecule has 3 rings (SSSR count). The first kappa shape index (κ1) is 14.2. The van der Waals surface area contributed by atoms with Crippen molar-refractivity contribution in [3.8, 4) is 0 Å². The normalized spacial score (nSPS) is 17.7. The predicted molar refractivity (Wildman–Crippen MR) is 87.6 cm³/mol. The number of hydrogen-bond acceptors (Lipinski definition) is 2. The van der Waals surface area contributed by atoms with Gasteiger partial charge in [-0.25, -0.2) is 0 Å². The zero-order valence-electron chi connectivity index (χ0n) is 12.6. The molecule has 1 aliphatic rings. The Morgan fingerprint density at radius 3 is 2.05 bits per heavy atom. The van der Waals surface area contributed by atoms with E-state index in [4.69, 9.17) is 0 Å². The fourth-order valence-corrected chi connectivity index (χ4v) is 3.21. The lowest BCUT2D eigenvalue weighted by molar-refractivity contribution is 0.0765. The summed E-state index contributed by atoms with van der Waals surface area (Å²) in [6.07, 6.45) is 3.23. The molecule has 1 atom stereocenters. The summed E-state index contributed by atoms with van der Waals surface area (Å²) in [7, 11) is 0. The highest BCUT2D eigenvalue weighted by Crippen LogP contribution is 2.34. The minimum atomic E-state index is -0.898. The number of nitrogens with zero attached hydrogens (tertiary/aromatic N) is 1. The topological polar surface area (TPSA) is 23.5 Å². The molecule has 0 aliphatic carbocycles. The maximum atomic E-state index is 11.1. The van der Waals surface area contributed by atoms with Gasteiger partial charge in [-0.15, -0.1) is 0 Å². The van der Waals surface area contributed by atoms with Crippen molar-refractivity contribution in [3.63, 3.8) is 0 Å². The summed E-state index contributed by atoms with van der Waals surface area (Å²) in [4.78, 5) is 2.41. The molecular weight excluding hydrogens is 258 g/mol. The van der Waals surface area contributed by atoms with E-state index in [9.17, 15) is 5.11 Å². The summed E-state index contributed by atoms with van der Waals surface area (Å²) in [6.45, 7) is 4.33. The SMILES string of the molecule is CCC(O)(c1ccccc1)c1ccc(N2CCCC2)cc1. The molecule has 0 saturated carbocycles. The highest BCUT2D eigenvalue weighted by Gasteiger charge is 2.29. The maximum Gasteiger partial charge on any atom is 0.114 e. The Hall–Kier alpha value is -1.80. The van der Waals surface area contributed by atoms with Gasteiger partial charge in [0.25, 0.3) is 0 Å². The van der Waals surface area contributed by atoms with Crippen molar-refractivity contribution >= 4 is 5.69 Å². The van der Waals surface area contributed by atoms with Crippen molar-refractivity contribution in [1.82, 2.24) is 0 Å². The fourth-order valence-electron chi connectivity index (χ4n) is 3.21. The third kappa shape index (κ3) is 2.68. The second-order valence-electron chi connectivity index (χ2n) is 5.82. The van der Waals surface area contributed by atoms with E-state index in [1.165, 1.54) is 18.5 Å². The van der Waals surface area contributed by atoms with Gasteiger partial charge in [0.2, 0.25) is 0 Å². The first-order chi connectivity index (χ1) is 10.2. The first-order valence-electron chi connectivity index (χ1n) is 7.87. The lowest BCUT2D eigenvalue weighted by Crippen LogP contribution is -2.26. The number of anilines is 1. The van der Waals surface area contributed by atoms with Crippen molar-refractivity contribution < 1.29 is 5.11 Å². The van der Waals surface area contributed by atoms with Crippen molar-refractivity contribution in [3.05, 3.63) is 65.7 Å². The average Bonchev–Trinajstić information content (AvgIpc) is 3.09. The van der Waals surface area contributed by atoms with Gasteiger partial charge in [-0.05, 0) is 42.5 Å². The summed E-state index contributed by atoms with van der Waals surface area (Å²) < 4.78 is 0. The van der Waals surface area contributed by atoms with Gasteiger partial charge in [-0.1, -0.05) is 49.4 Å². The molecule has 1 unspecified atom stereocenters. The van der Waals surface area contributed by atoms with Crippen molar-refractivity contribution in [1.29, 1.82) is 0 Å². The second kappa shape index (κ2) is 5.90. The highest BCUT2D eigenvalue weighted by molar-refractivity contribution is 5.50. The van der Waals surface area contributed by atoms with Gasteiger partial charge in [0, 0.05) is 18.8 Å². The lowest BCUT2D eigenvalue weighted by Gasteiger charge is -2.29. The highest BCUT2D eigenvalue weighted by atomic mass is 16.3. The van der Waals surface area contributed by atoms with E-state index in [1.807, 2.05) is 37.3 Å². The van der Waals surface area contributed by atoms with Crippen LogP contribution in [-0.2, 0) is 5.60 Å². The molecule has 2 aromatic carbocycles. The van der Waals surface area contributed by atoms with Crippen LogP contribution in [0.3, 0.4) is 0 Å². The van der Waals surface area contributed by atoms with Crippen LogP contribution in [0.15, 0.2) is 54.6 Å². The molecule has 1 fully saturated rings. The Morgan fingerprint density at radius 1 is 0.905 bits per heavy atom. The summed E-state index contributed by atoms with van der Waals surface area (Å²) >= 11 is 0. The molecule has 1 heterocycles. The van der Waals surface area contributed by atoms with Crippen LogP contribution in [0, 0.1) is 0 Å². The van der Waals surface area contributed by atoms with Gasteiger partial charge in [-0.3, -0.25) is 0 Å². The first-order valence-corrected chi connectivity index (χ1v) is 7.87. The minimum Gasteiger partial charge on any atom is -0.380 e.